The Bertz CT molecular complexity index is 230. The Kier molecular flexibility index (Phi) is 8.46. The van der Waals surface area contributed by atoms with Crippen LogP contribution < -0.4 is 0 Å². The van der Waals surface area contributed by atoms with E-state index in [0.29, 0.717) is 12.4 Å². The van der Waals surface area contributed by atoms with Crippen LogP contribution in [0.3, 0.4) is 0 Å². The lowest BCUT2D eigenvalue weighted by Crippen LogP contribution is -2.42. The van der Waals surface area contributed by atoms with Crippen molar-refractivity contribution in [2.45, 2.75) is 38.7 Å². The van der Waals surface area contributed by atoms with Crippen LogP contribution in [0.15, 0.2) is 0 Å². The predicted octanol–water partition coefficient (Wildman–Crippen LogP) is 1.52. The van der Waals surface area contributed by atoms with Crippen LogP contribution in [0.1, 0.15) is 32.6 Å². The van der Waals surface area contributed by atoms with Crippen molar-refractivity contribution in [3.8, 4) is 0 Å². The van der Waals surface area contributed by atoms with Crippen LogP contribution in [0, 0.1) is 0 Å². The number of thioether (sulfide) groups is 1. The first-order chi connectivity index (χ1) is 8.77. The molecule has 0 aromatic heterocycles. The number of hydrogen-bond acceptors (Lipinski definition) is 4. The number of aliphatic hydroxyl groups excluding tert-OH is 1. The number of hydrogen-bond donors (Lipinski definition) is 1. The fourth-order valence-corrected chi connectivity index (χ4v) is 2.98. The van der Waals surface area contributed by atoms with Gasteiger partial charge < -0.3 is 14.7 Å². The van der Waals surface area contributed by atoms with E-state index in [1.165, 1.54) is 12.8 Å². The molecule has 0 aliphatic carbocycles. The molecule has 1 amide bonds. The van der Waals surface area contributed by atoms with Gasteiger partial charge in [-0.05, 0) is 25.0 Å². The van der Waals surface area contributed by atoms with Crippen molar-refractivity contribution in [2.75, 3.05) is 37.8 Å². The SMILES string of the molecule is CCCCSCC(=O)N1CCC(OCCO)CC1. The van der Waals surface area contributed by atoms with Crippen LogP contribution in [0.4, 0.5) is 0 Å². The maximum absolute atomic E-state index is 11.9. The minimum atomic E-state index is 0.0766. The Morgan fingerprint density at radius 1 is 1.44 bits per heavy atom. The minimum absolute atomic E-state index is 0.0766. The summed E-state index contributed by atoms with van der Waals surface area (Å²) < 4.78 is 5.48. The molecule has 1 aliphatic heterocycles. The summed E-state index contributed by atoms with van der Waals surface area (Å²) in [4.78, 5) is 13.8. The van der Waals surface area contributed by atoms with Crippen LogP contribution in [0.25, 0.3) is 0 Å². The van der Waals surface area contributed by atoms with Gasteiger partial charge in [0.2, 0.25) is 5.91 Å². The third-order valence-corrected chi connectivity index (χ3v) is 4.14. The van der Waals surface area contributed by atoms with Gasteiger partial charge in [-0.3, -0.25) is 4.79 Å². The summed E-state index contributed by atoms with van der Waals surface area (Å²) in [5.74, 6) is 1.96. The molecule has 4 nitrogen and oxygen atoms in total. The zero-order chi connectivity index (χ0) is 13.2. The summed E-state index contributed by atoms with van der Waals surface area (Å²) in [5, 5.41) is 8.69. The molecule has 1 aliphatic rings. The van der Waals surface area contributed by atoms with E-state index in [4.69, 9.17) is 9.84 Å². The molecule has 106 valence electrons. The number of likely N-dealkylation sites (tertiary alicyclic amines) is 1. The Balaban J connectivity index is 2.11. The van der Waals surface area contributed by atoms with E-state index in [1.807, 2.05) is 4.90 Å². The topological polar surface area (TPSA) is 49.8 Å². The highest BCUT2D eigenvalue weighted by Gasteiger charge is 2.22. The molecular formula is C13H25NO3S. The summed E-state index contributed by atoms with van der Waals surface area (Å²) in [7, 11) is 0. The van der Waals surface area contributed by atoms with Crippen LogP contribution in [-0.4, -0.2) is 59.8 Å². The summed E-state index contributed by atoms with van der Waals surface area (Å²) in [6.07, 6.45) is 4.38. The number of ether oxygens (including phenoxy) is 1. The molecule has 1 fully saturated rings. The van der Waals surface area contributed by atoms with E-state index in [9.17, 15) is 4.79 Å². The van der Waals surface area contributed by atoms with Crippen molar-refractivity contribution in [3.05, 3.63) is 0 Å². The van der Waals surface area contributed by atoms with Crippen molar-refractivity contribution >= 4 is 17.7 Å². The van der Waals surface area contributed by atoms with Gasteiger partial charge in [-0.2, -0.15) is 11.8 Å². The molecule has 0 aromatic rings. The smallest absolute Gasteiger partial charge is 0.232 e. The molecule has 0 unspecified atom stereocenters. The zero-order valence-corrected chi connectivity index (χ0v) is 12.1. The molecule has 0 saturated carbocycles. The number of carbonyl (C=O) groups is 1. The van der Waals surface area contributed by atoms with Gasteiger partial charge in [0.25, 0.3) is 0 Å². The molecule has 18 heavy (non-hydrogen) atoms. The van der Waals surface area contributed by atoms with Crippen molar-refractivity contribution in [2.24, 2.45) is 0 Å². The highest BCUT2D eigenvalue weighted by Crippen LogP contribution is 2.15. The fraction of sp³-hybridized carbons (Fsp3) is 0.923. The van der Waals surface area contributed by atoms with Crippen LogP contribution >= 0.6 is 11.8 Å². The second-order valence-electron chi connectivity index (χ2n) is 4.58. The van der Waals surface area contributed by atoms with Crippen molar-refractivity contribution in [1.82, 2.24) is 4.90 Å². The number of aliphatic hydroxyl groups is 1. The second kappa shape index (κ2) is 9.64. The molecule has 0 aromatic carbocycles. The summed E-state index contributed by atoms with van der Waals surface area (Å²) in [5.41, 5.74) is 0. The third kappa shape index (κ3) is 6.07. The Hall–Kier alpha value is -0.260. The molecular weight excluding hydrogens is 250 g/mol. The van der Waals surface area contributed by atoms with Gasteiger partial charge in [0, 0.05) is 13.1 Å². The van der Waals surface area contributed by atoms with E-state index in [1.54, 1.807) is 11.8 Å². The lowest BCUT2D eigenvalue weighted by atomic mass is 10.1. The Morgan fingerprint density at radius 2 is 2.17 bits per heavy atom. The normalized spacial score (nSPS) is 17.1. The van der Waals surface area contributed by atoms with Gasteiger partial charge in [0.15, 0.2) is 0 Å². The number of nitrogens with zero attached hydrogens (tertiary/aromatic N) is 1. The summed E-state index contributed by atoms with van der Waals surface area (Å²) in [6, 6.07) is 0. The first-order valence-corrected chi connectivity index (χ1v) is 8.01. The molecule has 1 N–H and O–H groups in total. The van der Waals surface area contributed by atoms with Crippen molar-refractivity contribution in [1.29, 1.82) is 0 Å². The first kappa shape index (κ1) is 15.8. The highest BCUT2D eigenvalue weighted by atomic mass is 32.2. The van der Waals surface area contributed by atoms with Crippen LogP contribution in [-0.2, 0) is 9.53 Å². The average Bonchev–Trinajstić information content (AvgIpc) is 2.41. The molecule has 1 heterocycles. The van der Waals surface area contributed by atoms with Crippen LogP contribution in [0.5, 0.6) is 0 Å². The summed E-state index contributed by atoms with van der Waals surface area (Å²) >= 11 is 1.74. The van der Waals surface area contributed by atoms with Gasteiger partial charge >= 0.3 is 0 Å². The number of unbranched alkanes of at least 4 members (excludes halogenated alkanes) is 1. The Labute approximate surface area is 114 Å². The highest BCUT2D eigenvalue weighted by molar-refractivity contribution is 7.99. The van der Waals surface area contributed by atoms with E-state index in [0.717, 1.165) is 31.7 Å². The largest absolute Gasteiger partial charge is 0.394 e. The molecule has 0 radical (unpaired) electrons. The molecule has 1 rings (SSSR count). The lowest BCUT2D eigenvalue weighted by Gasteiger charge is -2.31. The average molecular weight is 275 g/mol. The maximum Gasteiger partial charge on any atom is 0.232 e. The maximum atomic E-state index is 11.9. The van der Waals surface area contributed by atoms with E-state index in [-0.39, 0.29) is 18.6 Å². The first-order valence-electron chi connectivity index (χ1n) is 6.86. The zero-order valence-electron chi connectivity index (χ0n) is 11.3. The van der Waals surface area contributed by atoms with Crippen molar-refractivity contribution < 1.29 is 14.6 Å². The number of piperidine rings is 1. The number of carbonyl (C=O) groups excluding carboxylic acids is 1. The molecule has 0 spiro atoms. The number of rotatable bonds is 8. The predicted molar refractivity (Wildman–Crippen MR) is 74.9 cm³/mol. The van der Waals surface area contributed by atoms with Crippen LogP contribution in [0.2, 0.25) is 0 Å². The van der Waals surface area contributed by atoms with Gasteiger partial charge in [0.05, 0.1) is 25.1 Å². The van der Waals surface area contributed by atoms with Gasteiger partial charge in [-0.15, -0.1) is 0 Å². The number of amides is 1. The monoisotopic (exact) mass is 275 g/mol. The van der Waals surface area contributed by atoms with Gasteiger partial charge in [0.1, 0.15) is 0 Å². The fourth-order valence-electron chi connectivity index (χ4n) is 1.99. The van der Waals surface area contributed by atoms with E-state index >= 15 is 0 Å². The third-order valence-electron chi connectivity index (χ3n) is 3.11. The van der Waals surface area contributed by atoms with E-state index < -0.39 is 0 Å². The molecule has 5 heteroatoms. The minimum Gasteiger partial charge on any atom is -0.394 e. The van der Waals surface area contributed by atoms with Gasteiger partial charge in [-0.1, -0.05) is 13.3 Å². The molecule has 0 bridgehead atoms. The lowest BCUT2D eigenvalue weighted by molar-refractivity contribution is -0.131. The quantitative estimate of drug-likeness (QED) is 0.682. The van der Waals surface area contributed by atoms with Crippen molar-refractivity contribution in [3.63, 3.8) is 0 Å². The molecule has 0 atom stereocenters. The Morgan fingerprint density at radius 3 is 2.78 bits per heavy atom. The van der Waals surface area contributed by atoms with Gasteiger partial charge in [-0.25, -0.2) is 0 Å². The standard InChI is InChI=1S/C13H25NO3S/c1-2-3-10-18-11-13(16)14-6-4-12(5-7-14)17-9-8-15/h12,15H,2-11H2,1H3. The second-order valence-corrected chi connectivity index (χ2v) is 5.69. The molecule has 1 saturated heterocycles. The van der Waals surface area contributed by atoms with E-state index in [2.05, 4.69) is 6.92 Å². The summed E-state index contributed by atoms with van der Waals surface area (Å²) in [6.45, 7) is 4.24.